The van der Waals surface area contributed by atoms with Crippen molar-refractivity contribution in [2.45, 2.75) is 39.5 Å². The number of para-hydroxylation sites is 3. The number of aromatic hydroxyl groups is 1. The van der Waals surface area contributed by atoms with Crippen LogP contribution in [-0.4, -0.2) is 19.6 Å². The van der Waals surface area contributed by atoms with E-state index in [1.807, 2.05) is 30.5 Å². The van der Waals surface area contributed by atoms with Crippen LogP contribution >= 0.6 is 0 Å². The molecule has 0 amide bonds. The van der Waals surface area contributed by atoms with E-state index in [0.717, 1.165) is 60.6 Å². The maximum atomic E-state index is 11.2. The van der Waals surface area contributed by atoms with Crippen LogP contribution < -0.4 is 0 Å². The number of benzene rings is 6. The van der Waals surface area contributed by atoms with E-state index in [9.17, 15) is 5.11 Å². The Morgan fingerprint density at radius 3 is 2.02 bits per heavy atom. The van der Waals surface area contributed by atoms with Crippen molar-refractivity contribution in [2.75, 3.05) is 0 Å². The molecule has 0 saturated carbocycles. The molecule has 5 heteroatoms. The average Bonchev–Trinajstić information content (AvgIpc) is 3.50. The van der Waals surface area contributed by atoms with Crippen LogP contribution in [0.1, 0.15) is 50.7 Å². The predicted octanol–water partition coefficient (Wildman–Crippen LogP) is 11.5. The first kappa shape index (κ1) is 32.5. The van der Waals surface area contributed by atoms with E-state index in [-0.39, 0.29) is 38.7 Å². The number of fused-ring (bicyclic) bond motifs is 3. The molecule has 0 saturated heterocycles. The van der Waals surface area contributed by atoms with Gasteiger partial charge in [0.2, 0.25) is 0 Å². The molecule has 0 aliphatic rings. The van der Waals surface area contributed by atoms with E-state index in [4.69, 9.17) is 9.97 Å². The van der Waals surface area contributed by atoms with Crippen LogP contribution in [0, 0.1) is 6.07 Å². The van der Waals surface area contributed by atoms with Crippen LogP contribution in [0.3, 0.4) is 0 Å². The van der Waals surface area contributed by atoms with Crippen molar-refractivity contribution >= 4 is 32.6 Å². The van der Waals surface area contributed by atoms with Gasteiger partial charge >= 0.3 is 0 Å². The molecule has 0 spiro atoms. The van der Waals surface area contributed by atoms with Crippen molar-refractivity contribution in [3.05, 3.63) is 145 Å². The first-order chi connectivity index (χ1) is 23.4. The minimum atomic E-state index is 0. The predicted molar refractivity (Wildman–Crippen MR) is 199 cm³/mol. The second-order valence-electron chi connectivity index (χ2n) is 13.1. The van der Waals surface area contributed by atoms with Gasteiger partial charge in [0.15, 0.2) is 0 Å². The number of nitrogens with zero attached hydrogens (tertiary/aromatic N) is 3. The third kappa shape index (κ3) is 5.64. The van der Waals surface area contributed by atoms with Crippen LogP contribution in [0.5, 0.6) is 5.75 Å². The summed E-state index contributed by atoms with van der Waals surface area (Å²) in [5.74, 6) is 1.47. The summed E-state index contributed by atoms with van der Waals surface area (Å²) in [5.41, 5.74) is 9.89. The third-order valence-corrected chi connectivity index (χ3v) is 9.36. The number of hydrogen-bond acceptors (Lipinski definition) is 3. The molecule has 49 heavy (non-hydrogen) atoms. The zero-order valence-electron chi connectivity index (χ0n) is 27.9. The monoisotopic (exact) mass is 817 g/mol. The minimum absolute atomic E-state index is 0. The Labute approximate surface area is 301 Å². The van der Waals surface area contributed by atoms with E-state index in [0.29, 0.717) is 11.4 Å². The van der Waals surface area contributed by atoms with Crippen LogP contribution in [0.15, 0.2) is 128 Å². The smallest absolute Gasteiger partial charge is 0.148 e. The van der Waals surface area contributed by atoms with Gasteiger partial charge in [-0.1, -0.05) is 147 Å². The molecule has 0 bridgehead atoms. The molecule has 1 N–H and O–H groups in total. The molecular formula is C44H36N3OPt-. The Kier molecular flexibility index (Phi) is 8.69. The van der Waals surface area contributed by atoms with Crippen molar-refractivity contribution in [3.63, 3.8) is 0 Å². The molecule has 4 nitrogen and oxygen atoms in total. The molecule has 0 atom stereocenters. The summed E-state index contributed by atoms with van der Waals surface area (Å²) in [6.45, 7) is 8.94. The summed E-state index contributed by atoms with van der Waals surface area (Å²) in [4.78, 5) is 10.3. The van der Waals surface area contributed by atoms with E-state index < -0.39 is 0 Å². The number of imidazole rings is 1. The van der Waals surface area contributed by atoms with E-state index in [1.54, 1.807) is 6.07 Å². The second-order valence-corrected chi connectivity index (χ2v) is 13.1. The number of phenols is 1. The second kappa shape index (κ2) is 13.1. The van der Waals surface area contributed by atoms with Crippen molar-refractivity contribution in [2.24, 2.45) is 0 Å². The Morgan fingerprint density at radius 1 is 0.653 bits per heavy atom. The first-order valence-corrected chi connectivity index (χ1v) is 16.6. The number of hydrogen-bond donors (Lipinski definition) is 1. The number of pyridine rings is 1. The maximum absolute atomic E-state index is 11.2. The van der Waals surface area contributed by atoms with Crippen LogP contribution in [0.25, 0.3) is 72.0 Å². The molecular weight excluding hydrogens is 782 g/mol. The van der Waals surface area contributed by atoms with Gasteiger partial charge in [-0.25, -0.2) is 4.98 Å². The molecule has 2 heterocycles. The molecule has 8 rings (SSSR count). The van der Waals surface area contributed by atoms with E-state index >= 15 is 0 Å². The van der Waals surface area contributed by atoms with Crippen molar-refractivity contribution in [1.29, 1.82) is 0 Å². The van der Waals surface area contributed by atoms with Crippen LogP contribution in [0.2, 0.25) is 0 Å². The molecule has 0 aliphatic carbocycles. The molecule has 0 unspecified atom stereocenters. The summed E-state index contributed by atoms with van der Waals surface area (Å²) in [5, 5.41) is 15.7. The normalized spacial score (nSPS) is 11.6. The quantitative estimate of drug-likeness (QED) is 0.170. The molecule has 0 aliphatic heterocycles. The topological polar surface area (TPSA) is 50.9 Å². The SMILES string of the molecule is CC(C)c1cccc(C(C)C)c1-n1c(-c2ccccc2O)nc2c(-c3[c-]c(-c4cc5ccccc5cn4)c4ccccc4c3)cccc21.[Pt]. The van der Waals surface area contributed by atoms with Crippen LogP contribution in [-0.2, 0) is 21.1 Å². The van der Waals surface area contributed by atoms with Crippen LogP contribution in [0.4, 0.5) is 0 Å². The van der Waals surface area contributed by atoms with Crippen molar-refractivity contribution < 1.29 is 26.2 Å². The Bertz CT molecular complexity index is 2470. The molecule has 0 radical (unpaired) electrons. The Morgan fingerprint density at radius 2 is 1.29 bits per heavy atom. The van der Waals surface area contributed by atoms with E-state index in [1.165, 1.54) is 11.1 Å². The van der Waals surface area contributed by atoms with Gasteiger partial charge in [0.05, 0.1) is 22.3 Å². The summed E-state index contributed by atoms with van der Waals surface area (Å²) in [6.07, 6.45) is 1.94. The van der Waals surface area contributed by atoms with E-state index in [2.05, 4.69) is 129 Å². The number of rotatable bonds is 6. The first-order valence-electron chi connectivity index (χ1n) is 16.6. The number of phenolic OH excluding ortho intramolecular Hbond substituents is 1. The molecule has 6 aromatic carbocycles. The van der Waals surface area contributed by atoms with Gasteiger partial charge < -0.3 is 5.11 Å². The summed E-state index contributed by atoms with van der Waals surface area (Å²) >= 11 is 0. The van der Waals surface area contributed by atoms with Crippen molar-refractivity contribution in [3.8, 4) is 45.2 Å². The largest absolute Gasteiger partial charge is 0.507 e. The average molecular weight is 818 g/mol. The molecule has 0 fully saturated rings. The number of aromatic nitrogens is 3. The Balaban J connectivity index is 0.00000378. The third-order valence-electron chi connectivity index (χ3n) is 9.36. The van der Waals surface area contributed by atoms with Gasteiger partial charge in [0, 0.05) is 33.0 Å². The fourth-order valence-corrected chi connectivity index (χ4v) is 6.97. The maximum Gasteiger partial charge on any atom is 0.148 e. The summed E-state index contributed by atoms with van der Waals surface area (Å²) in [6, 6.07) is 45.4. The summed E-state index contributed by atoms with van der Waals surface area (Å²) in [7, 11) is 0. The zero-order chi connectivity index (χ0) is 32.9. The fourth-order valence-electron chi connectivity index (χ4n) is 6.97. The zero-order valence-corrected chi connectivity index (χ0v) is 30.2. The fraction of sp³-hybridized carbons (Fsp3) is 0.136. The summed E-state index contributed by atoms with van der Waals surface area (Å²) < 4.78 is 2.27. The molecule has 2 aromatic heterocycles. The van der Waals surface area contributed by atoms with Crippen molar-refractivity contribution in [1.82, 2.24) is 14.5 Å². The van der Waals surface area contributed by atoms with Gasteiger partial charge in [-0.15, -0.1) is 17.7 Å². The van der Waals surface area contributed by atoms with Gasteiger partial charge in [0.1, 0.15) is 11.6 Å². The van der Waals surface area contributed by atoms with Gasteiger partial charge in [-0.2, -0.15) is 0 Å². The molecule has 8 aromatic rings. The van der Waals surface area contributed by atoms with Gasteiger partial charge in [-0.3, -0.25) is 9.55 Å². The molecule has 244 valence electrons. The minimum Gasteiger partial charge on any atom is -0.507 e. The van der Waals surface area contributed by atoms with Gasteiger partial charge in [-0.05, 0) is 51.9 Å². The Hall–Kier alpha value is -5.05. The standard InChI is InChI=1S/C44H36N3O.Pt/c1-27(2)33-18-11-19-34(28(3)4)43(33)47-40-21-12-20-36(42(40)46-44(47)37-17-9-10-22-41(37)48)32-23-30-14-7-8-16-35(30)38(24-32)39-25-29-13-5-6-15-31(29)26-45-39;/h5-23,25-28,48H,1-4H3;/q-1;. The van der Waals surface area contributed by atoms with Gasteiger partial charge in [0.25, 0.3) is 0 Å².